The highest BCUT2D eigenvalue weighted by molar-refractivity contribution is 5.79. The molecule has 2 heteroatoms. The van der Waals surface area contributed by atoms with Crippen LogP contribution in [-0.2, 0) is 4.79 Å². The lowest BCUT2D eigenvalue weighted by atomic mass is 9.43. The summed E-state index contributed by atoms with van der Waals surface area (Å²) in [6, 6.07) is 0. The fourth-order valence-electron chi connectivity index (χ4n) is 8.44. The Balaban J connectivity index is 1.56. The molecule has 0 aromatic carbocycles. The second kappa shape index (κ2) is 6.60. The van der Waals surface area contributed by atoms with Crippen molar-refractivity contribution in [2.45, 2.75) is 90.6 Å². The van der Waals surface area contributed by atoms with Crippen LogP contribution in [0.3, 0.4) is 0 Å². The highest BCUT2D eigenvalue weighted by atomic mass is 16.3. The SMILES string of the molecule is C=C=CCC1(O)CC[C@@]2(C)C(CC[C@H]3[C@@H]4CC[C@H](C(C)=O)[C@@]4(C)CC[C@@H]32)C1. The molecule has 0 bridgehead atoms. The van der Waals surface area contributed by atoms with E-state index in [0.717, 1.165) is 43.4 Å². The maximum atomic E-state index is 12.3. The van der Waals surface area contributed by atoms with Gasteiger partial charge in [-0.2, -0.15) is 0 Å². The molecule has 4 aliphatic carbocycles. The summed E-state index contributed by atoms with van der Waals surface area (Å²) in [5.41, 5.74) is 2.93. The smallest absolute Gasteiger partial charge is 0.133 e. The van der Waals surface area contributed by atoms with E-state index in [2.05, 4.69) is 26.2 Å². The van der Waals surface area contributed by atoms with Gasteiger partial charge in [-0.3, -0.25) is 4.79 Å². The molecule has 0 aliphatic heterocycles. The molecular formula is C25H38O2. The zero-order valence-electron chi connectivity index (χ0n) is 17.6. The quantitative estimate of drug-likeness (QED) is 0.647. The summed E-state index contributed by atoms with van der Waals surface area (Å²) in [4.78, 5) is 12.3. The van der Waals surface area contributed by atoms with Gasteiger partial charge in [0.2, 0.25) is 0 Å². The minimum Gasteiger partial charge on any atom is -0.390 e. The molecule has 0 amide bonds. The van der Waals surface area contributed by atoms with Crippen molar-refractivity contribution in [1.82, 2.24) is 0 Å². The van der Waals surface area contributed by atoms with Gasteiger partial charge in [-0.05, 0) is 105 Å². The molecule has 4 rings (SSSR count). The van der Waals surface area contributed by atoms with Crippen LogP contribution in [0.15, 0.2) is 18.4 Å². The number of fused-ring (bicyclic) bond motifs is 5. The van der Waals surface area contributed by atoms with Crippen LogP contribution >= 0.6 is 0 Å². The van der Waals surface area contributed by atoms with Crippen LogP contribution in [0.2, 0.25) is 0 Å². The number of rotatable bonds is 3. The zero-order chi connectivity index (χ0) is 19.4. The van der Waals surface area contributed by atoms with E-state index >= 15 is 0 Å². The van der Waals surface area contributed by atoms with E-state index in [1.807, 2.05) is 13.0 Å². The van der Waals surface area contributed by atoms with Crippen LogP contribution in [0.5, 0.6) is 0 Å². The Labute approximate surface area is 165 Å². The van der Waals surface area contributed by atoms with Crippen LogP contribution in [0, 0.1) is 40.4 Å². The predicted molar refractivity (Wildman–Crippen MR) is 109 cm³/mol. The average molecular weight is 371 g/mol. The van der Waals surface area contributed by atoms with Gasteiger partial charge in [0.15, 0.2) is 0 Å². The van der Waals surface area contributed by atoms with Crippen molar-refractivity contribution < 1.29 is 9.90 Å². The van der Waals surface area contributed by atoms with Gasteiger partial charge in [-0.15, -0.1) is 5.73 Å². The largest absolute Gasteiger partial charge is 0.390 e. The standard InChI is InChI=1S/C25H38O2/c1-5-6-12-25(27)15-14-23(3)18(16-25)7-8-19-21-10-9-20(17(2)26)24(21,4)13-11-22(19)23/h6,18-22,27H,1,7-16H2,2-4H3/t18?,19-,20+,21-,22-,23-,24+,25?/m0/s1. The van der Waals surface area contributed by atoms with Crippen LogP contribution in [0.1, 0.15) is 85.0 Å². The number of aliphatic hydroxyl groups is 1. The summed E-state index contributed by atoms with van der Waals surface area (Å²) in [5.74, 6) is 3.71. The molecular weight excluding hydrogens is 332 g/mol. The maximum absolute atomic E-state index is 12.3. The Bertz CT molecular complexity index is 661. The number of carbonyl (C=O) groups is 1. The average Bonchev–Trinajstić information content (AvgIpc) is 2.98. The van der Waals surface area contributed by atoms with Crippen LogP contribution < -0.4 is 0 Å². The lowest BCUT2D eigenvalue weighted by Gasteiger charge is -2.62. The van der Waals surface area contributed by atoms with Gasteiger partial charge in [-0.1, -0.05) is 20.4 Å². The van der Waals surface area contributed by atoms with Crippen molar-refractivity contribution in [2.75, 3.05) is 0 Å². The molecule has 0 spiro atoms. The highest BCUT2D eigenvalue weighted by Gasteiger charge is 2.61. The number of ketones is 1. The first-order chi connectivity index (χ1) is 12.7. The van der Waals surface area contributed by atoms with E-state index in [-0.39, 0.29) is 5.41 Å². The van der Waals surface area contributed by atoms with Gasteiger partial charge in [0.05, 0.1) is 5.60 Å². The third kappa shape index (κ3) is 2.90. The van der Waals surface area contributed by atoms with Gasteiger partial charge in [0.25, 0.3) is 0 Å². The summed E-state index contributed by atoms with van der Waals surface area (Å²) in [5, 5.41) is 11.1. The first-order valence-electron chi connectivity index (χ1n) is 11.3. The van der Waals surface area contributed by atoms with Crippen LogP contribution in [-0.4, -0.2) is 16.5 Å². The lowest BCUT2D eigenvalue weighted by Crippen LogP contribution is -2.56. The highest BCUT2D eigenvalue weighted by Crippen LogP contribution is 2.68. The van der Waals surface area contributed by atoms with Gasteiger partial charge in [0.1, 0.15) is 5.78 Å². The first kappa shape index (κ1) is 19.5. The fraction of sp³-hybridized carbons (Fsp3) is 0.840. The van der Waals surface area contributed by atoms with Crippen LogP contribution in [0.25, 0.3) is 0 Å². The summed E-state index contributed by atoms with van der Waals surface area (Å²) < 4.78 is 0. The van der Waals surface area contributed by atoms with Gasteiger partial charge < -0.3 is 5.11 Å². The van der Waals surface area contributed by atoms with E-state index < -0.39 is 5.60 Å². The van der Waals surface area contributed by atoms with Crippen molar-refractivity contribution in [3.05, 3.63) is 18.4 Å². The molecule has 2 nitrogen and oxygen atoms in total. The molecule has 0 heterocycles. The molecule has 0 radical (unpaired) electrons. The molecule has 4 aliphatic rings. The Morgan fingerprint density at radius 2 is 1.81 bits per heavy atom. The molecule has 0 saturated heterocycles. The Kier molecular flexibility index (Phi) is 4.76. The Morgan fingerprint density at radius 3 is 2.52 bits per heavy atom. The van der Waals surface area contributed by atoms with Gasteiger partial charge in [-0.25, -0.2) is 0 Å². The molecule has 4 saturated carbocycles. The topological polar surface area (TPSA) is 37.3 Å². The normalized spacial score (nSPS) is 51.5. The molecule has 0 aromatic heterocycles. The summed E-state index contributed by atoms with van der Waals surface area (Å²) in [6.07, 6.45) is 13.1. The Hall–Kier alpha value is -0.850. The molecule has 150 valence electrons. The second-order valence-corrected chi connectivity index (χ2v) is 11.0. The van der Waals surface area contributed by atoms with Crippen molar-refractivity contribution >= 4 is 5.78 Å². The summed E-state index contributed by atoms with van der Waals surface area (Å²) >= 11 is 0. The van der Waals surface area contributed by atoms with Crippen molar-refractivity contribution in [1.29, 1.82) is 0 Å². The molecule has 4 fully saturated rings. The second-order valence-electron chi connectivity index (χ2n) is 11.0. The minimum atomic E-state index is -0.544. The first-order valence-corrected chi connectivity index (χ1v) is 11.3. The number of hydrogen-bond donors (Lipinski definition) is 1. The number of hydrogen-bond acceptors (Lipinski definition) is 2. The molecule has 2 unspecified atom stereocenters. The van der Waals surface area contributed by atoms with E-state index in [0.29, 0.717) is 29.5 Å². The predicted octanol–water partition coefficient (Wildman–Crippen LogP) is 5.70. The number of Topliss-reactive ketones (excluding diaryl/α,β-unsaturated/α-hetero) is 1. The van der Waals surface area contributed by atoms with Crippen LogP contribution in [0.4, 0.5) is 0 Å². The molecule has 0 aromatic rings. The minimum absolute atomic E-state index is 0.250. The summed E-state index contributed by atoms with van der Waals surface area (Å²) in [7, 11) is 0. The summed E-state index contributed by atoms with van der Waals surface area (Å²) in [6.45, 7) is 10.5. The zero-order valence-corrected chi connectivity index (χ0v) is 17.6. The number of carbonyl (C=O) groups excluding carboxylic acids is 1. The van der Waals surface area contributed by atoms with Crippen molar-refractivity contribution in [3.63, 3.8) is 0 Å². The molecule has 8 atom stereocenters. The molecule has 27 heavy (non-hydrogen) atoms. The van der Waals surface area contributed by atoms with Gasteiger partial charge >= 0.3 is 0 Å². The van der Waals surface area contributed by atoms with Crippen molar-refractivity contribution in [2.24, 2.45) is 40.4 Å². The van der Waals surface area contributed by atoms with E-state index in [9.17, 15) is 9.90 Å². The van der Waals surface area contributed by atoms with Gasteiger partial charge in [0, 0.05) is 12.3 Å². The molecule has 1 N–H and O–H groups in total. The fourth-order valence-corrected chi connectivity index (χ4v) is 8.44. The lowest BCUT2D eigenvalue weighted by molar-refractivity contribution is -0.152. The monoisotopic (exact) mass is 370 g/mol. The maximum Gasteiger partial charge on any atom is 0.133 e. The van der Waals surface area contributed by atoms with E-state index in [4.69, 9.17) is 0 Å². The third-order valence-electron chi connectivity index (χ3n) is 9.94. The van der Waals surface area contributed by atoms with Crippen molar-refractivity contribution in [3.8, 4) is 0 Å². The third-order valence-corrected chi connectivity index (χ3v) is 9.94. The van der Waals surface area contributed by atoms with E-state index in [1.54, 1.807) is 0 Å². The van der Waals surface area contributed by atoms with E-state index in [1.165, 1.54) is 32.1 Å². The Morgan fingerprint density at radius 1 is 1.07 bits per heavy atom.